The van der Waals surface area contributed by atoms with Crippen molar-refractivity contribution < 1.29 is 13.2 Å². The first-order valence-corrected chi connectivity index (χ1v) is 12.5. The number of amides is 1. The summed E-state index contributed by atoms with van der Waals surface area (Å²) in [6.07, 6.45) is 5.25. The molecule has 1 amide bonds. The number of benzene rings is 2. The van der Waals surface area contributed by atoms with E-state index in [1.807, 2.05) is 30.3 Å². The Morgan fingerprint density at radius 3 is 2.35 bits per heavy atom. The fraction of sp³-hybridized carbons (Fsp3) is 0.318. The third-order valence-corrected chi connectivity index (χ3v) is 6.72. The van der Waals surface area contributed by atoms with Gasteiger partial charge in [-0.25, -0.2) is 8.42 Å². The molecule has 0 aliphatic carbocycles. The van der Waals surface area contributed by atoms with E-state index in [0.717, 1.165) is 35.8 Å². The summed E-state index contributed by atoms with van der Waals surface area (Å²) in [7, 11) is -3.70. The fourth-order valence-corrected chi connectivity index (χ4v) is 4.79. The Kier molecular flexibility index (Phi) is 8.00. The van der Waals surface area contributed by atoms with Crippen molar-refractivity contribution in [3.63, 3.8) is 0 Å². The Bertz CT molecular complexity index is 1040. The van der Waals surface area contributed by atoms with Crippen LogP contribution < -0.4 is 4.31 Å². The molecule has 0 spiro atoms. The van der Waals surface area contributed by atoms with Gasteiger partial charge < -0.3 is 4.90 Å². The summed E-state index contributed by atoms with van der Waals surface area (Å²) in [5.74, 6) is -0.254. The second kappa shape index (κ2) is 10.5. The zero-order valence-electron chi connectivity index (χ0n) is 17.2. The molecule has 0 radical (unpaired) electrons. The Morgan fingerprint density at radius 2 is 1.74 bits per heavy atom. The molecule has 3 rings (SSSR count). The molecule has 1 fully saturated rings. The van der Waals surface area contributed by atoms with E-state index in [-0.39, 0.29) is 23.2 Å². The highest BCUT2D eigenvalue weighted by molar-refractivity contribution is 7.92. The molecule has 0 unspecified atom stereocenters. The lowest BCUT2D eigenvalue weighted by Crippen LogP contribution is -2.51. The highest BCUT2D eigenvalue weighted by Gasteiger charge is 2.27. The van der Waals surface area contributed by atoms with Crippen LogP contribution in [0.1, 0.15) is 5.56 Å². The number of nitrogens with zero attached hydrogens (tertiary/aromatic N) is 3. The summed E-state index contributed by atoms with van der Waals surface area (Å²) in [6, 6.07) is 14.6. The molecular formula is C22H25Cl2N3O3S. The Labute approximate surface area is 193 Å². The average Bonchev–Trinajstić information content (AvgIpc) is 2.73. The lowest BCUT2D eigenvalue weighted by Gasteiger charge is -2.35. The van der Waals surface area contributed by atoms with Crippen molar-refractivity contribution in [3.8, 4) is 0 Å². The van der Waals surface area contributed by atoms with Crippen molar-refractivity contribution >= 4 is 50.9 Å². The topological polar surface area (TPSA) is 60.9 Å². The molecule has 0 saturated carbocycles. The molecule has 2 aromatic rings. The zero-order chi connectivity index (χ0) is 22.4. The van der Waals surface area contributed by atoms with Crippen molar-refractivity contribution in [2.45, 2.75) is 0 Å². The van der Waals surface area contributed by atoms with E-state index >= 15 is 0 Å². The maximum absolute atomic E-state index is 12.8. The lowest BCUT2D eigenvalue weighted by atomic mass is 10.2. The van der Waals surface area contributed by atoms with Crippen LogP contribution in [0.15, 0.2) is 54.6 Å². The molecule has 6 nitrogen and oxygen atoms in total. The molecule has 31 heavy (non-hydrogen) atoms. The van der Waals surface area contributed by atoms with Crippen LogP contribution in [-0.4, -0.2) is 69.6 Å². The molecule has 166 valence electrons. The minimum atomic E-state index is -3.70. The van der Waals surface area contributed by atoms with Crippen LogP contribution >= 0.6 is 23.2 Å². The smallest absolute Gasteiger partial charge is 0.243 e. The fourth-order valence-electron chi connectivity index (χ4n) is 3.37. The Balaban J connectivity index is 1.57. The van der Waals surface area contributed by atoms with Gasteiger partial charge >= 0.3 is 0 Å². The van der Waals surface area contributed by atoms with Crippen LogP contribution in [0, 0.1) is 0 Å². The standard InChI is InChI=1S/C22H25Cl2N3O3S/c1-31(29,30)27(21-10-9-19(23)16-20(21)24)17-22(28)26-14-12-25(13-15-26)11-5-8-18-6-3-2-4-7-18/h2-10,16H,11-15,17H2,1H3/b8-5+. The third-order valence-electron chi connectivity index (χ3n) is 5.06. The minimum absolute atomic E-state index is 0.181. The van der Waals surface area contributed by atoms with Crippen LogP contribution in [0.4, 0.5) is 5.69 Å². The van der Waals surface area contributed by atoms with Gasteiger partial charge in [-0.3, -0.25) is 14.0 Å². The zero-order valence-corrected chi connectivity index (χ0v) is 19.6. The van der Waals surface area contributed by atoms with E-state index in [1.54, 1.807) is 11.0 Å². The summed E-state index contributed by atoms with van der Waals surface area (Å²) in [6.45, 7) is 3.05. The van der Waals surface area contributed by atoms with Crippen LogP contribution in [-0.2, 0) is 14.8 Å². The summed E-state index contributed by atoms with van der Waals surface area (Å²) in [5.41, 5.74) is 1.39. The number of rotatable bonds is 7. The first-order chi connectivity index (χ1) is 14.7. The van der Waals surface area contributed by atoms with Gasteiger partial charge in [-0.1, -0.05) is 65.7 Å². The average molecular weight is 482 g/mol. The monoisotopic (exact) mass is 481 g/mol. The van der Waals surface area contributed by atoms with Crippen molar-refractivity contribution in [1.82, 2.24) is 9.80 Å². The maximum Gasteiger partial charge on any atom is 0.243 e. The number of carbonyl (C=O) groups is 1. The van der Waals surface area contributed by atoms with Gasteiger partial charge in [0.05, 0.1) is 17.0 Å². The van der Waals surface area contributed by atoms with Gasteiger partial charge in [-0.2, -0.15) is 0 Å². The normalized spacial score (nSPS) is 15.4. The summed E-state index contributed by atoms with van der Waals surface area (Å²) >= 11 is 12.1. The molecule has 0 N–H and O–H groups in total. The molecule has 0 atom stereocenters. The van der Waals surface area contributed by atoms with Crippen LogP contribution in [0.3, 0.4) is 0 Å². The van der Waals surface area contributed by atoms with Crippen LogP contribution in [0.2, 0.25) is 10.0 Å². The predicted molar refractivity (Wildman–Crippen MR) is 127 cm³/mol. The molecular weight excluding hydrogens is 457 g/mol. The summed E-state index contributed by atoms with van der Waals surface area (Å²) < 4.78 is 25.7. The van der Waals surface area contributed by atoms with Crippen LogP contribution in [0.25, 0.3) is 6.08 Å². The molecule has 1 saturated heterocycles. The van der Waals surface area contributed by atoms with Crippen molar-refractivity contribution in [3.05, 3.63) is 70.2 Å². The minimum Gasteiger partial charge on any atom is -0.339 e. The third kappa shape index (κ3) is 6.71. The maximum atomic E-state index is 12.8. The number of halogens is 2. The Hall–Kier alpha value is -2.06. The quantitative estimate of drug-likeness (QED) is 0.605. The Morgan fingerprint density at radius 1 is 1.06 bits per heavy atom. The molecule has 9 heteroatoms. The largest absolute Gasteiger partial charge is 0.339 e. The van der Waals surface area contributed by atoms with Gasteiger partial charge in [0.15, 0.2) is 0 Å². The number of hydrogen-bond acceptors (Lipinski definition) is 4. The van der Waals surface area contributed by atoms with Crippen LogP contribution in [0.5, 0.6) is 0 Å². The van der Waals surface area contributed by atoms with Crippen molar-refractivity contribution in [1.29, 1.82) is 0 Å². The number of hydrogen-bond donors (Lipinski definition) is 0. The number of piperazine rings is 1. The molecule has 1 aliphatic heterocycles. The summed E-state index contributed by atoms with van der Waals surface area (Å²) in [4.78, 5) is 16.8. The van der Waals surface area contributed by atoms with Gasteiger partial charge in [0.25, 0.3) is 0 Å². The van der Waals surface area contributed by atoms with Gasteiger partial charge in [-0.05, 0) is 23.8 Å². The van der Waals surface area contributed by atoms with E-state index < -0.39 is 10.0 Å². The van der Waals surface area contributed by atoms with E-state index in [4.69, 9.17) is 23.2 Å². The molecule has 0 bridgehead atoms. The molecule has 2 aromatic carbocycles. The van der Waals surface area contributed by atoms with Crippen molar-refractivity contribution in [2.24, 2.45) is 0 Å². The molecule has 0 aromatic heterocycles. The lowest BCUT2D eigenvalue weighted by molar-refractivity contribution is -0.131. The van der Waals surface area contributed by atoms with Crippen molar-refractivity contribution in [2.75, 3.05) is 49.8 Å². The molecule has 1 aliphatic rings. The first-order valence-electron chi connectivity index (χ1n) is 9.88. The van der Waals surface area contributed by atoms with Gasteiger partial charge in [0, 0.05) is 37.7 Å². The van der Waals surface area contributed by atoms with E-state index in [9.17, 15) is 13.2 Å². The van der Waals surface area contributed by atoms with Gasteiger partial charge in [-0.15, -0.1) is 0 Å². The summed E-state index contributed by atoms with van der Waals surface area (Å²) in [5, 5.41) is 0.576. The SMILES string of the molecule is CS(=O)(=O)N(CC(=O)N1CCN(C/C=C/c2ccccc2)CC1)c1ccc(Cl)cc1Cl. The predicted octanol–water partition coefficient (Wildman–Crippen LogP) is 3.62. The van der Waals surface area contributed by atoms with E-state index in [0.29, 0.717) is 18.1 Å². The van der Waals surface area contributed by atoms with Gasteiger partial charge in [0.1, 0.15) is 6.54 Å². The van der Waals surface area contributed by atoms with Gasteiger partial charge in [0.2, 0.25) is 15.9 Å². The second-order valence-corrected chi connectivity index (χ2v) is 10.1. The molecule has 1 heterocycles. The first kappa shape index (κ1) is 23.6. The number of carbonyl (C=O) groups excluding carboxylic acids is 1. The highest BCUT2D eigenvalue weighted by atomic mass is 35.5. The number of sulfonamides is 1. The van der Waals surface area contributed by atoms with E-state index in [2.05, 4.69) is 17.1 Å². The number of anilines is 1. The highest BCUT2D eigenvalue weighted by Crippen LogP contribution is 2.30. The second-order valence-electron chi connectivity index (χ2n) is 7.36. The van der Waals surface area contributed by atoms with E-state index in [1.165, 1.54) is 12.1 Å².